The third-order valence-electron chi connectivity index (χ3n) is 2.93. The maximum absolute atomic E-state index is 13.1. The highest BCUT2D eigenvalue weighted by Crippen LogP contribution is 2.17. The third kappa shape index (κ3) is 2.56. The van der Waals surface area contributed by atoms with Gasteiger partial charge >= 0.3 is 0 Å². The van der Waals surface area contributed by atoms with Crippen molar-refractivity contribution >= 4 is 11.5 Å². The van der Waals surface area contributed by atoms with Gasteiger partial charge in [0.15, 0.2) is 5.78 Å². The van der Waals surface area contributed by atoms with Crippen molar-refractivity contribution < 1.29 is 9.18 Å². The van der Waals surface area contributed by atoms with Gasteiger partial charge in [-0.15, -0.1) is 0 Å². The minimum absolute atomic E-state index is 0.165. The Balaban J connectivity index is 2.28. The first-order chi connectivity index (χ1) is 8.58. The van der Waals surface area contributed by atoms with E-state index in [1.807, 2.05) is 31.2 Å². The highest BCUT2D eigenvalue weighted by Gasteiger charge is 2.12. The summed E-state index contributed by atoms with van der Waals surface area (Å²) < 4.78 is 13.1. The molecule has 0 atom stereocenters. The summed E-state index contributed by atoms with van der Waals surface area (Å²) in [5, 5.41) is 0. The second kappa shape index (κ2) is 5.00. The number of ketones is 1. The summed E-state index contributed by atoms with van der Waals surface area (Å²) in [5.74, 6) is -0.612. The monoisotopic (exact) mass is 243 g/mol. The molecule has 0 saturated carbocycles. The zero-order chi connectivity index (χ0) is 13.1. The minimum atomic E-state index is -0.447. The van der Waals surface area contributed by atoms with Crippen LogP contribution in [0.3, 0.4) is 0 Å². The van der Waals surface area contributed by atoms with Crippen molar-refractivity contribution in [3.8, 4) is 0 Å². The molecule has 2 aromatic carbocycles. The van der Waals surface area contributed by atoms with Crippen LogP contribution in [-0.2, 0) is 6.42 Å². The van der Waals surface area contributed by atoms with Crippen LogP contribution in [0.2, 0.25) is 0 Å². The number of carbonyl (C=O) groups excluding carboxylic acids is 1. The molecule has 2 aromatic rings. The molecule has 0 spiro atoms. The van der Waals surface area contributed by atoms with E-state index >= 15 is 0 Å². The fourth-order valence-electron chi connectivity index (χ4n) is 1.85. The molecule has 0 amide bonds. The van der Waals surface area contributed by atoms with Crippen molar-refractivity contribution in [2.45, 2.75) is 13.3 Å². The molecule has 0 aliphatic heterocycles. The number of carbonyl (C=O) groups is 1. The number of benzene rings is 2. The van der Waals surface area contributed by atoms with Gasteiger partial charge in [-0.1, -0.05) is 24.3 Å². The minimum Gasteiger partial charge on any atom is -0.398 e. The van der Waals surface area contributed by atoms with Gasteiger partial charge in [-0.3, -0.25) is 4.79 Å². The first-order valence-electron chi connectivity index (χ1n) is 5.70. The highest BCUT2D eigenvalue weighted by atomic mass is 19.1. The zero-order valence-corrected chi connectivity index (χ0v) is 10.1. The van der Waals surface area contributed by atoms with E-state index in [9.17, 15) is 9.18 Å². The van der Waals surface area contributed by atoms with Crippen molar-refractivity contribution in [3.05, 3.63) is 65.0 Å². The van der Waals surface area contributed by atoms with Crippen LogP contribution in [-0.4, -0.2) is 5.78 Å². The Hall–Kier alpha value is -2.16. The predicted octanol–water partition coefficient (Wildman–Crippen LogP) is 3.14. The second-order valence-electron chi connectivity index (χ2n) is 4.26. The average molecular weight is 243 g/mol. The van der Waals surface area contributed by atoms with Crippen LogP contribution in [0.25, 0.3) is 0 Å². The van der Waals surface area contributed by atoms with E-state index in [2.05, 4.69) is 0 Å². The molecule has 0 heterocycles. The van der Waals surface area contributed by atoms with E-state index in [1.165, 1.54) is 18.2 Å². The maximum Gasteiger partial charge on any atom is 0.169 e. The van der Waals surface area contributed by atoms with Gasteiger partial charge in [-0.25, -0.2) is 4.39 Å². The van der Waals surface area contributed by atoms with Crippen molar-refractivity contribution in [1.82, 2.24) is 0 Å². The third-order valence-corrected chi connectivity index (χ3v) is 2.93. The molecule has 0 saturated heterocycles. The Morgan fingerprint density at radius 2 is 1.94 bits per heavy atom. The summed E-state index contributed by atoms with van der Waals surface area (Å²) in [6, 6.07) is 11.5. The number of Topliss-reactive ketones (excluding diaryl/α,β-unsaturated/α-hetero) is 1. The second-order valence-corrected chi connectivity index (χ2v) is 4.26. The van der Waals surface area contributed by atoms with E-state index in [1.54, 1.807) is 0 Å². The summed E-state index contributed by atoms with van der Waals surface area (Å²) in [6.45, 7) is 1.94. The number of rotatable bonds is 3. The molecule has 2 nitrogen and oxygen atoms in total. The van der Waals surface area contributed by atoms with Gasteiger partial charge in [-0.05, 0) is 36.2 Å². The summed E-state index contributed by atoms with van der Waals surface area (Å²) in [4.78, 5) is 12.1. The van der Waals surface area contributed by atoms with Gasteiger partial charge < -0.3 is 5.73 Å². The van der Waals surface area contributed by atoms with Gasteiger partial charge in [0.2, 0.25) is 0 Å². The Kier molecular flexibility index (Phi) is 3.42. The lowest BCUT2D eigenvalue weighted by Crippen LogP contribution is -2.08. The molecule has 0 aliphatic rings. The van der Waals surface area contributed by atoms with Crippen molar-refractivity contribution in [3.63, 3.8) is 0 Å². The standard InChI is InChI=1S/C15H14FNO/c1-10-4-2-3-5-11(10)8-15(18)13-9-12(16)6-7-14(13)17/h2-7,9H,8,17H2,1H3. The van der Waals surface area contributed by atoms with Crippen LogP contribution >= 0.6 is 0 Å². The quantitative estimate of drug-likeness (QED) is 0.664. The maximum atomic E-state index is 13.1. The summed E-state index contributed by atoms with van der Waals surface area (Å²) in [7, 11) is 0. The molecule has 18 heavy (non-hydrogen) atoms. The van der Waals surface area contributed by atoms with Crippen molar-refractivity contribution in [1.29, 1.82) is 0 Å². The lowest BCUT2D eigenvalue weighted by Gasteiger charge is -2.07. The van der Waals surface area contributed by atoms with E-state index < -0.39 is 5.82 Å². The first kappa shape index (κ1) is 12.3. The number of aryl methyl sites for hydroxylation is 1. The fraction of sp³-hybridized carbons (Fsp3) is 0.133. The predicted molar refractivity (Wildman–Crippen MR) is 70.0 cm³/mol. The largest absolute Gasteiger partial charge is 0.398 e. The molecule has 0 unspecified atom stereocenters. The Morgan fingerprint density at radius 3 is 2.67 bits per heavy atom. The lowest BCUT2D eigenvalue weighted by molar-refractivity contribution is 0.0993. The van der Waals surface area contributed by atoms with E-state index in [0.29, 0.717) is 5.69 Å². The molecule has 2 rings (SSSR count). The Morgan fingerprint density at radius 1 is 1.22 bits per heavy atom. The van der Waals surface area contributed by atoms with Gasteiger partial charge in [0, 0.05) is 17.7 Å². The van der Waals surface area contributed by atoms with Crippen LogP contribution < -0.4 is 5.73 Å². The molecule has 0 fully saturated rings. The molecule has 0 aliphatic carbocycles. The van der Waals surface area contributed by atoms with Crippen molar-refractivity contribution in [2.24, 2.45) is 0 Å². The summed E-state index contributed by atoms with van der Waals surface area (Å²) in [5.41, 5.74) is 8.24. The molecule has 0 aromatic heterocycles. The van der Waals surface area contributed by atoms with Gasteiger partial charge in [-0.2, -0.15) is 0 Å². The van der Waals surface area contributed by atoms with Gasteiger partial charge in [0.05, 0.1) is 0 Å². The molecule has 3 heteroatoms. The molecule has 0 radical (unpaired) electrons. The lowest BCUT2D eigenvalue weighted by atomic mass is 9.98. The van der Waals surface area contributed by atoms with E-state index in [0.717, 1.165) is 11.1 Å². The van der Waals surface area contributed by atoms with Crippen LogP contribution in [0.15, 0.2) is 42.5 Å². The number of nitrogens with two attached hydrogens (primary N) is 1. The number of hydrogen-bond acceptors (Lipinski definition) is 2. The van der Waals surface area contributed by atoms with Crippen molar-refractivity contribution in [2.75, 3.05) is 5.73 Å². The highest BCUT2D eigenvalue weighted by molar-refractivity contribution is 6.02. The number of halogens is 1. The topological polar surface area (TPSA) is 43.1 Å². The first-order valence-corrected chi connectivity index (χ1v) is 5.70. The fourth-order valence-corrected chi connectivity index (χ4v) is 1.85. The average Bonchev–Trinajstić information content (AvgIpc) is 2.35. The zero-order valence-electron chi connectivity index (χ0n) is 10.1. The van der Waals surface area contributed by atoms with E-state index in [4.69, 9.17) is 5.73 Å². The molecule has 92 valence electrons. The number of anilines is 1. The normalized spacial score (nSPS) is 10.3. The molecule has 2 N–H and O–H groups in total. The summed E-state index contributed by atoms with van der Waals surface area (Å²) in [6.07, 6.45) is 0.236. The molecular weight excluding hydrogens is 229 g/mol. The number of nitrogen functional groups attached to an aromatic ring is 1. The number of hydrogen-bond donors (Lipinski definition) is 1. The van der Waals surface area contributed by atoms with Gasteiger partial charge in [0.1, 0.15) is 5.82 Å². The van der Waals surface area contributed by atoms with E-state index in [-0.39, 0.29) is 17.8 Å². The van der Waals surface area contributed by atoms with Crippen LogP contribution in [0.1, 0.15) is 21.5 Å². The molecule has 0 bridgehead atoms. The van der Waals surface area contributed by atoms with Crippen LogP contribution in [0.5, 0.6) is 0 Å². The Bertz CT molecular complexity index is 593. The Labute approximate surface area is 105 Å². The molecular formula is C15H14FNO. The van der Waals surface area contributed by atoms with Crippen LogP contribution in [0, 0.1) is 12.7 Å². The summed E-state index contributed by atoms with van der Waals surface area (Å²) >= 11 is 0. The SMILES string of the molecule is Cc1ccccc1CC(=O)c1cc(F)ccc1N. The smallest absolute Gasteiger partial charge is 0.169 e. The van der Waals surface area contributed by atoms with Gasteiger partial charge in [0.25, 0.3) is 0 Å². The van der Waals surface area contributed by atoms with Crippen LogP contribution in [0.4, 0.5) is 10.1 Å².